The maximum Gasteiger partial charge on any atom is 0.335 e. The van der Waals surface area contributed by atoms with Gasteiger partial charge in [-0.3, -0.25) is 4.98 Å². The number of nitrogens with zero attached hydrogens (tertiary/aromatic N) is 1. The lowest BCUT2D eigenvalue weighted by atomic mass is 9.95. The molecule has 5 heteroatoms. The van der Waals surface area contributed by atoms with Gasteiger partial charge in [-0.05, 0) is 42.8 Å². The molecule has 0 spiro atoms. The number of pyridine rings is 1. The maximum atomic E-state index is 11.1. The molecule has 0 fully saturated rings. The van der Waals surface area contributed by atoms with E-state index in [-0.39, 0.29) is 17.4 Å². The minimum absolute atomic E-state index is 0.128. The van der Waals surface area contributed by atoms with E-state index in [0.717, 1.165) is 22.2 Å². The van der Waals surface area contributed by atoms with Crippen LogP contribution in [-0.2, 0) is 0 Å². The summed E-state index contributed by atoms with van der Waals surface area (Å²) in [4.78, 5) is 15.4. The number of rotatable bonds is 5. The van der Waals surface area contributed by atoms with Crippen LogP contribution in [0.3, 0.4) is 0 Å². The molecule has 4 rings (SSSR count). The topological polar surface area (TPSA) is 82.5 Å². The van der Waals surface area contributed by atoms with Crippen molar-refractivity contribution < 1.29 is 15.0 Å². The molecule has 0 radical (unpaired) electrons. The number of phenols is 1. The van der Waals surface area contributed by atoms with Gasteiger partial charge in [-0.15, -0.1) is 0 Å². The number of benzene rings is 3. The standard InChI is InChI=1S/C24H20N2O3/c1-15-4-6-17(7-5-15)21(26-19-11-8-18(9-12-19)24(28)29)20-13-10-16-3-2-14-25-22(16)23(20)27/h2-14,21,26-27H,1H3,(H,28,29). The van der Waals surface area contributed by atoms with Gasteiger partial charge in [0.1, 0.15) is 11.3 Å². The maximum absolute atomic E-state index is 11.1. The number of carboxylic acids is 1. The Morgan fingerprint density at radius 3 is 2.38 bits per heavy atom. The number of anilines is 1. The summed E-state index contributed by atoms with van der Waals surface area (Å²) in [5, 5.41) is 24.4. The molecular weight excluding hydrogens is 364 g/mol. The highest BCUT2D eigenvalue weighted by Crippen LogP contribution is 2.36. The smallest absolute Gasteiger partial charge is 0.335 e. The average Bonchev–Trinajstić information content (AvgIpc) is 2.74. The van der Waals surface area contributed by atoms with Crippen LogP contribution < -0.4 is 5.32 Å². The molecule has 0 amide bonds. The normalized spacial score (nSPS) is 11.9. The zero-order chi connectivity index (χ0) is 20.4. The molecule has 1 unspecified atom stereocenters. The highest BCUT2D eigenvalue weighted by atomic mass is 16.4. The quantitative estimate of drug-likeness (QED) is 0.443. The van der Waals surface area contributed by atoms with Crippen LogP contribution in [-0.4, -0.2) is 21.2 Å². The van der Waals surface area contributed by atoms with Crippen molar-refractivity contribution in [2.75, 3.05) is 5.32 Å². The van der Waals surface area contributed by atoms with Gasteiger partial charge in [-0.25, -0.2) is 4.79 Å². The lowest BCUT2D eigenvalue weighted by Gasteiger charge is -2.23. The second-order valence-corrected chi connectivity index (χ2v) is 6.95. The lowest BCUT2D eigenvalue weighted by molar-refractivity contribution is 0.0697. The van der Waals surface area contributed by atoms with E-state index in [1.54, 1.807) is 30.5 Å². The molecule has 144 valence electrons. The van der Waals surface area contributed by atoms with E-state index >= 15 is 0 Å². The van der Waals surface area contributed by atoms with Crippen molar-refractivity contribution in [3.8, 4) is 5.75 Å². The zero-order valence-electron chi connectivity index (χ0n) is 15.8. The molecule has 1 aromatic heterocycles. The molecule has 3 aromatic carbocycles. The summed E-state index contributed by atoms with van der Waals surface area (Å²) in [7, 11) is 0. The summed E-state index contributed by atoms with van der Waals surface area (Å²) in [6.07, 6.45) is 1.66. The molecule has 0 aliphatic rings. The lowest BCUT2D eigenvalue weighted by Crippen LogP contribution is -2.13. The number of fused-ring (bicyclic) bond motifs is 1. The minimum atomic E-state index is -0.968. The predicted octanol–water partition coefficient (Wildman–Crippen LogP) is 5.15. The number of aromatic nitrogens is 1. The molecule has 0 saturated carbocycles. The summed E-state index contributed by atoms with van der Waals surface area (Å²) in [5.74, 6) is -0.840. The van der Waals surface area contributed by atoms with Gasteiger partial charge in [0, 0.05) is 22.8 Å². The average molecular weight is 384 g/mol. The zero-order valence-corrected chi connectivity index (χ0v) is 15.8. The highest BCUT2D eigenvalue weighted by molar-refractivity contribution is 5.88. The molecule has 0 saturated heterocycles. The summed E-state index contributed by atoms with van der Waals surface area (Å²) in [6.45, 7) is 2.02. The molecular formula is C24H20N2O3. The molecule has 4 aromatic rings. The van der Waals surface area contributed by atoms with Gasteiger partial charge >= 0.3 is 5.97 Å². The first-order valence-electron chi connectivity index (χ1n) is 9.26. The monoisotopic (exact) mass is 384 g/mol. The number of aromatic hydroxyl groups is 1. The number of aromatic carboxylic acids is 1. The van der Waals surface area contributed by atoms with Crippen LogP contribution >= 0.6 is 0 Å². The third-order valence-electron chi connectivity index (χ3n) is 4.94. The highest BCUT2D eigenvalue weighted by Gasteiger charge is 2.20. The van der Waals surface area contributed by atoms with Gasteiger partial charge in [0.25, 0.3) is 0 Å². The summed E-state index contributed by atoms with van der Waals surface area (Å²) in [5.41, 5.74) is 4.33. The van der Waals surface area contributed by atoms with Crippen LogP contribution in [0.4, 0.5) is 5.69 Å². The number of carboxylic acid groups (broad SMARTS) is 1. The first-order valence-corrected chi connectivity index (χ1v) is 9.26. The minimum Gasteiger partial charge on any atom is -0.505 e. The Labute approximate surface area is 168 Å². The summed E-state index contributed by atoms with van der Waals surface area (Å²) in [6, 6.07) is 21.9. The first-order chi connectivity index (χ1) is 14.0. The van der Waals surface area contributed by atoms with E-state index < -0.39 is 5.97 Å². The van der Waals surface area contributed by atoms with Gasteiger partial charge in [-0.1, -0.05) is 48.0 Å². The Kier molecular flexibility index (Phi) is 4.87. The third-order valence-corrected chi connectivity index (χ3v) is 4.94. The number of hydrogen-bond donors (Lipinski definition) is 3. The van der Waals surface area contributed by atoms with Crippen molar-refractivity contribution in [1.29, 1.82) is 0 Å². The van der Waals surface area contributed by atoms with E-state index in [0.29, 0.717) is 11.1 Å². The van der Waals surface area contributed by atoms with Crippen LogP contribution in [0, 0.1) is 6.92 Å². The van der Waals surface area contributed by atoms with E-state index in [2.05, 4.69) is 10.3 Å². The van der Waals surface area contributed by atoms with Crippen molar-refractivity contribution in [1.82, 2.24) is 4.98 Å². The first kappa shape index (κ1) is 18.5. The van der Waals surface area contributed by atoms with Gasteiger partial charge < -0.3 is 15.5 Å². The van der Waals surface area contributed by atoms with Crippen LogP contribution in [0.2, 0.25) is 0 Å². The van der Waals surface area contributed by atoms with Crippen LogP contribution in [0.25, 0.3) is 10.9 Å². The van der Waals surface area contributed by atoms with Gasteiger partial charge in [0.05, 0.1) is 11.6 Å². The van der Waals surface area contributed by atoms with Gasteiger partial charge in [0.2, 0.25) is 0 Å². The Morgan fingerprint density at radius 2 is 1.69 bits per heavy atom. The Hall–Kier alpha value is -3.86. The van der Waals surface area contributed by atoms with Crippen molar-refractivity contribution >= 4 is 22.6 Å². The SMILES string of the molecule is Cc1ccc(C(Nc2ccc(C(=O)O)cc2)c2ccc3cccnc3c2O)cc1. The number of carbonyl (C=O) groups is 1. The number of hydrogen-bond acceptors (Lipinski definition) is 4. The van der Waals surface area contributed by atoms with Crippen LogP contribution in [0.1, 0.15) is 33.1 Å². The molecule has 3 N–H and O–H groups in total. The number of aryl methyl sites for hydroxylation is 1. The van der Waals surface area contributed by atoms with E-state index in [9.17, 15) is 9.90 Å². The number of nitrogens with one attached hydrogen (secondary N) is 1. The fourth-order valence-corrected chi connectivity index (χ4v) is 3.35. The van der Waals surface area contributed by atoms with E-state index in [1.807, 2.05) is 55.5 Å². The molecule has 0 aliphatic carbocycles. The van der Waals surface area contributed by atoms with Gasteiger partial charge in [0.15, 0.2) is 0 Å². The van der Waals surface area contributed by atoms with Gasteiger partial charge in [-0.2, -0.15) is 0 Å². The largest absolute Gasteiger partial charge is 0.505 e. The fraction of sp³-hybridized carbons (Fsp3) is 0.0833. The Morgan fingerprint density at radius 1 is 0.966 bits per heavy atom. The summed E-state index contributed by atoms with van der Waals surface area (Å²) < 4.78 is 0. The van der Waals surface area contributed by atoms with Crippen molar-refractivity contribution in [2.45, 2.75) is 13.0 Å². The van der Waals surface area contributed by atoms with Crippen LogP contribution in [0.5, 0.6) is 5.75 Å². The molecule has 5 nitrogen and oxygen atoms in total. The second-order valence-electron chi connectivity index (χ2n) is 6.95. The van der Waals surface area contributed by atoms with Crippen LogP contribution in [0.15, 0.2) is 79.0 Å². The van der Waals surface area contributed by atoms with Crippen molar-refractivity contribution in [3.05, 3.63) is 101 Å². The second kappa shape index (κ2) is 7.64. The molecule has 0 aliphatic heterocycles. The Balaban J connectivity index is 1.79. The fourth-order valence-electron chi connectivity index (χ4n) is 3.35. The molecule has 1 atom stereocenters. The van der Waals surface area contributed by atoms with Crippen molar-refractivity contribution in [3.63, 3.8) is 0 Å². The number of phenolic OH excluding ortho intramolecular Hbond substituents is 1. The summed E-state index contributed by atoms with van der Waals surface area (Å²) >= 11 is 0. The molecule has 29 heavy (non-hydrogen) atoms. The Bertz CT molecular complexity index is 1170. The molecule has 0 bridgehead atoms. The predicted molar refractivity (Wildman–Crippen MR) is 113 cm³/mol. The molecule has 1 heterocycles. The van der Waals surface area contributed by atoms with E-state index in [1.165, 1.54) is 0 Å². The third kappa shape index (κ3) is 3.75. The van der Waals surface area contributed by atoms with Crippen molar-refractivity contribution in [2.24, 2.45) is 0 Å². The van der Waals surface area contributed by atoms with E-state index in [4.69, 9.17) is 5.11 Å².